The van der Waals surface area contributed by atoms with Crippen molar-refractivity contribution < 1.29 is 9.53 Å². The monoisotopic (exact) mass is 305 g/mol. The first-order chi connectivity index (χ1) is 9.95. The molecule has 0 aliphatic rings. The van der Waals surface area contributed by atoms with Crippen molar-refractivity contribution in [2.24, 2.45) is 0 Å². The van der Waals surface area contributed by atoms with Crippen molar-refractivity contribution in [1.29, 1.82) is 0 Å². The fraction of sp³-hybridized carbons (Fsp3) is 0.267. The normalized spacial score (nSPS) is 12.5. The molecule has 2 aromatic rings. The summed E-state index contributed by atoms with van der Waals surface area (Å²) in [6, 6.07) is 7.27. The molecule has 0 N–H and O–H groups in total. The zero-order chi connectivity index (χ0) is 15.5. The summed E-state index contributed by atoms with van der Waals surface area (Å²) >= 11 is 6.15. The highest BCUT2D eigenvalue weighted by Crippen LogP contribution is 2.24. The Bertz CT molecular complexity index is 663. The zero-order valence-electron chi connectivity index (χ0n) is 12.1. The van der Waals surface area contributed by atoms with E-state index in [-0.39, 0.29) is 5.78 Å². The van der Waals surface area contributed by atoms with E-state index in [9.17, 15) is 4.79 Å². The molecule has 0 aliphatic heterocycles. The quantitative estimate of drug-likeness (QED) is 0.797. The molecule has 0 aliphatic carbocycles. The third-order valence-corrected chi connectivity index (χ3v) is 3.50. The Morgan fingerprint density at radius 3 is 2.67 bits per heavy atom. The summed E-state index contributed by atoms with van der Waals surface area (Å²) in [6.45, 7) is 3.40. The number of rotatable bonds is 5. The molecule has 0 saturated heterocycles. The summed E-state index contributed by atoms with van der Waals surface area (Å²) in [5, 5.41) is 4.58. The number of aromatic nitrogens is 3. The molecular weight excluding hydrogens is 290 g/mol. The molecule has 6 heteroatoms. The summed E-state index contributed by atoms with van der Waals surface area (Å²) in [6.07, 6.45) is 4.51. The summed E-state index contributed by atoms with van der Waals surface area (Å²) in [5.74, 6) is -0.213. The van der Waals surface area contributed by atoms with Crippen LogP contribution in [0, 0.1) is 0 Å². The van der Waals surface area contributed by atoms with Gasteiger partial charge in [-0.25, -0.2) is 9.67 Å². The van der Waals surface area contributed by atoms with Gasteiger partial charge in [0.15, 0.2) is 0 Å². The van der Waals surface area contributed by atoms with Gasteiger partial charge in [0.2, 0.25) is 5.78 Å². The smallest absolute Gasteiger partial charge is 0.212 e. The highest BCUT2D eigenvalue weighted by atomic mass is 35.5. The zero-order valence-corrected chi connectivity index (χ0v) is 12.8. The Morgan fingerprint density at radius 1 is 1.38 bits per heavy atom. The number of halogens is 1. The highest BCUT2D eigenvalue weighted by molar-refractivity contribution is 6.33. The lowest BCUT2D eigenvalue weighted by Crippen LogP contribution is -2.35. The number of hydrogen-bond donors (Lipinski definition) is 0. The largest absolute Gasteiger partial charge is 0.371 e. The molecule has 0 amide bonds. The van der Waals surface area contributed by atoms with Gasteiger partial charge < -0.3 is 4.74 Å². The van der Waals surface area contributed by atoms with Crippen molar-refractivity contribution in [3.8, 4) is 0 Å². The van der Waals surface area contributed by atoms with Crippen molar-refractivity contribution in [1.82, 2.24) is 14.8 Å². The predicted octanol–water partition coefficient (Wildman–Crippen LogP) is 2.92. The minimum Gasteiger partial charge on any atom is -0.371 e. The van der Waals surface area contributed by atoms with Crippen LogP contribution in [0.2, 0.25) is 5.02 Å². The van der Waals surface area contributed by atoms with Gasteiger partial charge in [-0.3, -0.25) is 4.79 Å². The second-order valence-corrected chi connectivity index (χ2v) is 5.34. The van der Waals surface area contributed by atoms with Crippen molar-refractivity contribution >= 4 is 29.2 Å². The third-order valence-electron chi connectivity index (χ3n) is 3.15. The molecule has 1 aromatic heterocycles. The first-order valence-electron chi connectivity index (χ1n) is 6.37. The maximum absolute atomic E-state index is 12.7. The van der Waals surface area contributed by atoms with Crippen LogP contribution in [-0.2, 0) is 9.53 Å². The van der Waals surface area contributed by atoms with E-state index in [2.05, 4.69) is 10.1 Å². The van der Waals surface area contributed by atoms with E-state index in [1.54, 1.807) is 26.0 Å². The van der Waals surface area contributed by atoms with Gasteiger partial charge in [-0.05, 0) is 31.6 Å². The van der Waals surface area contributed by atoms with Gasteiger partial charge in [-0.15, -0.1) is 0 Å². The van der Waals surface area contributed by atoms with Gasteiger partial charge in [0.25, 0.3) is 0 Å². The summed E-state index contributed by atoms with van der Waals surface area (Å²) in [4.78, 5) is 16.6. The molecule has 110 valence electrons. The number of hydrogen-bond acceptors (Lipinski definition) is 4. The lowest BCUT2D eigenvalue weighted by molar-refractivity contribution is -0.131. The molecule has 21 heavy (non-hydrogen) atoms. The lowest BCUT2D eigenvalue weighted by atomic mass is 9.99. The molecule has 0 atom stereocenters. The summed E-state index contributed by atoms with van der Waals surface area (Å²) in [7, 11) is 1.49. The topological polar surface area (TPSA) is 57.0 Å². The fourth-order valence-corrected chi connectivity index (χ4v) is 1.90. The van der Waals surface area contributed by atoms with Crippen molar-refractivity contribution in [2.45, 2.75) is 19.4 Å². The van der Waals surface area contributed by atoms with E-state index in [1.165, 1.54) is 24.4 Å². The Hall–Kier alpha value is -1.98. The molecular formula is C15H16ClN3O2. The maximum Gasteiger partial charge on any atom is 0.212 e. The van der Waals surface area contributed by atoms with Crippen LogP contribution < -0.4 is 0 Å². The van der Waals surface area contributed by atoms with Crippen LogP contribution in [0.4, 0.5) is 0 Å². The molecule has 5 nitrogen and oxygen atoms in total. The SMILES string of the molecule is COC(C)(C)C(=O)C(=Cc1ccccc1Cl)n1cncn1. The van der Waals surface area contributed by atoms with E-state index < -0.39 is 5.60 Å². The van der Waals surface area contributed by atoms with Crippen LogP contribution in [0.5, 0.6) is 0 Å². The van der Waals surface area contributed by atoms with Crippen LogP contribution in [0.15, 0.2) is 36.9 Å². The van der Waals surface area contributed by atoms with Crippen molar-refractivity contribution in [3.63, 3.8) is 0 Å². The molecule has 2 rings (SSSR count). The van der Waals surface area contributed by atoms with Crippen LogP contribution in [0.3, 0.4) is 0 Å². The fourth-order valence-electron chi connectivity index (χ4n) is 1.71. The molecule has 0 spiro atoms. The second-order valence-electron chi connectivity index (χ2n) is 4.93. The Kier molecular flexibility index (Phi) is 4.55. The first kappa shape index (κ1) is 15.4. The van der Waals surface area contributed by atoms with Crippen LogP contribution in [0.25, 0.3) is 11.8 Å². The van der Waals surface area contributed by atoms with Gasteiger partial charge in [-0.2, -0.15) is 5.10 Å². The third kappa shape index (κ3) is 3.37. The van der Waals surface area contributed by atoms with Crippen molar-refractivity contribution in [2.75, 3.05) is 7.11 Å². The molecule has 0 unspecified atom stereocenters. The van der Waals surface area contributed by atoms with Crippen LogP contribution in [-0.4, -0.2) is 33.3 Å². The number of carbonyl (C=O) groups is 1. The highest BCUT2D eigenvalue weighted by Gasteiger charge is 2.31. The molecule has 0 bridgehead atoms. The van der Waals surface area contributed by atoms with Crippen LogP contribution in [0.1, 0.15) is 19.4 Å². The summed E-state index contributed by atoms with van der Waals surface area (Å²) < 4.78 is 6.67. The molecule has 0 saturated carbocycles. The van der Waals surface area contributed by atoms with Gasteiger partial charge in [0, 0.05) is 12.1 Å². The van der Waals surface area contributed by atoms with E-state index in [4.69, 9.17) is 16.3 Å². The van der Waals surface area contributed by atoms with Gasteiger partial charge in [0.1, 0.15) is 24.0 Å². The molecule has 1 aromatic carbocycles. The van der Waals surface area contributed by atoms with Gasteiger partial charge >= 0.3 is 0 Å². The Labute approximate surface area is 128 Å². The lowest BCUT2D eigenvalue weighted by Gasteiger charge is -2.22. The van der Waals surface area contributed by atoms with E-state index in [1.807, 2.05) is 18.2 Å². The average Bonchev–Trinajstić information content (AvgIpc) is 2.99. The van der Waals surface area contributed by atoms with Crippen LogP contribution >= 0.6 is 11.6 Å². The number of nitrogens with zero attached hydrogens (tertiary/aromatic N) is 3. The Morgan fingerprint density at radius 2 is 2.10 bits per heavy atom. The number of methoxy groups -OCH3 is 1. The molecule has 1 heterocycles. The molecule has 0 radical (unpaired) electrons. The standard InChI is InChI=1S/C15H16ClN3O2/c1-15(2,21-3)14(20)13(19-10-17-9-18-19)8-11-6-4-5-7-12(11)16/h4-10H,1-3H3. The second kappa shape index (κ2) is 6.20. The average molecular weight is 306 g/mol. The van der Waals surface area contributed by atoms with E-state index in [0.717, 1.165) is 5.56 Å². The minimum absolute atomic E-state index is 0.213. The van der Waals surface area contributed by atoms with Gasteiger partial charge in [-0.1, -0.05) is 29.8 Å². The van der Waals surface area contributed by atoms with Crippen molar-refractivity contribution in [3.05, 3.63) is 47.5 Å². The number of carbonyl (C=O) groups excluding carboxylic acids is 1. The first-order valence-corrected chi connectivity index (χ1v) is 6.74. The molecule has 0 fully saturated rings. The van der Waals surface area contributed by atoms with Gasteiger partial charge in [0.05, 0.1) is 0 Å². The Balaban J connectivity index is 2.53. The predicted molar refractivity (Wildman–Crippen MR) is 81.7 cm³/mol. The summed E-state index contributed by atoms with van der Waals surface area (Å²) in [5.41, 5.74) is 0.0938. The van der Waals surface area contributed by atoms with E-state index in [0.29, 0.717) is 10.7 Å². The number of ether oxygens (including phenoxy) is 1. The maximum atomic E-state index is 12.7. The minimum atomic E-state index is -0.973. The number of benzene rings is 1. The van der Waals surface area contributed by atoms with E-state index >= 15 is 0 Å². The number of ketones is 1. The number of Topliss-reactive ketones (excluding diaryl/α,β-unsaturated/α-hetero) is 1.